The molecule has 1 heterocycles. The Morgan fingerprint density at radius 2 is 1.83 bits per heavy atom. The van der Waals surface area contributed by atoms with Gasteiger partial charge in [-0.3, -0.25) is 4.90 Å². The molecule has 0 aliphatic carbocycles. The van der Waals surface area contributed by atoms with Crippen molar-refractivity contribution in [1.82, 2.24) is 10.2 Å². The summed E-state index contributed by atoms with van der Waals surface area (Å²) in [6.07, 6.45) is 0. The second-order valence-corrected chi connectivity index (χ2v) is 5.39. The third kappa shape index (κ3) is 3.03. The minimum absolute atomic E-state index is 0.0185. The van der Waals surface area contributed by atoms with E-state index in [1.807, 2.05) is 0 Å². The second-order valence-electron chi connectivity index (χ2n) is 5.39. The van der Waals surface area contributed by atoms with Crippen LogP contribution >= 0.6 is 0 Å². The Morgan fingerprint density at radius 3 is 2.39 bits per heavy atom. The van der Waals surface area contributed by atoms with Crippen molar-refractivity contribution < 1.29 is 13.2 Å². The number of hydrogen-bond acceptors (Lipinski definition) is 2. The van der Waals surface area contributed by atoms with Gasteiger partial charge in [-0.2, -0.15) is 0 Å². The van der Waals surface area contributed by atoms with Crippen LogP contribution in [0.5, 0.6) is 0 Å². The zero-order valence-corrected chi connectivity index (χ0v) is 10.6. The van der Waals surface area contributed by atoms with Crippen LogP contribution < -0.4 is 5.32 Å². The molecule has 0 spiro atoms. The van der Waals surface area contributed by atoms with Crippen LogP contribution in [-0.4, -0.2) is 30.1 Å². The molecule has 1 aliphatic heterocycles. The standard InChI is InChI=1S/C13H17F3N2/c1-13(2)8-18(4-3-17-13)7-9-5-10(14)12(16)11(15)6-9/h5-6,17H,3-4,7-8H2,1-2H3. The quantitative estimate of drug-likeness (QED) is 0.819. The molecular formula is C13H17F3N2. The molecule has 0 saturated carbocycles. The van der Waals surface area contributed by atoms with Gasteiger partial charge in [-0.15, -0.1) is 0 Å². The Morgan fingerprint density at radius 1 is 1.22 bits per heavy atom. The van der Waals surface area contributed by atoms with Crippen LogP contribution in [0.3, 0.4) is 0 Å². The van der Waals surface area contributed by atoms with E-state index in [1.54, 1.807) is 0 Å². The summed E-state index contributed by atoms with van der Waals surface area (Å²) in [7, 11) is 0. The highest BCUT2D eigenvalue weighted by molar-refractivity contribution is 5.19. The first-order valence-corrected chi connectivity index (χ1v) is 5.98. The smallest absolute Gasteiger partial charge is 0.194 e. The van der Waals surface area contributed by atoms with Crippen molar-refractivity contribution in [2.45, 2.75) is 25.9 Å². The van der Waals surface area contributed by atoms with Crippen LogP contribution in [0.25, 0.3) is 0 Å². The van der Waals surface area contributed by atoms with Crippen LogP contribution in [0.1, 0.15) is 19.4 Å². The Bertz CT molecular complexity index is 423. The number of halogens is 3. The van der Waals surface area contributed by atoms with Crippen LogP contribution in [0.4, 0.5) is 13.2 Å². The fourth-order valence-corrected chi connectivity index (χ4v) is 2.34. The Kier molecular flexibility index (Phi) is 3.64. The number of rotatable bonds is 2. The van der Waals surface area contributed by atoms with E-state index in [0.29, 0.717) is 12.1 Å². The van der Waals surface area contributed by atoms with Crippen molar-refractivity contribution in [3.8, 4) is 0 Å². The molecular weight excluding hydrogens is 241 g/mol. The van der Waals surface area contributed by atoms with Gasteiger partial charge < -0.3 is 5.32 Å². The van der Waals surface area contributed by atoms with E-state index in [9.17, 15) is 13.2 Å². The highest BCUT2D eigenvalue weighted by Gasteiger charge is 2.25. The highest BCUT2D eigenvalue weighted by atomic mass is 19.2. The van der Waals surface area contributed by atoms with E-state index in [4.69, 9.17) is 0 Å². The van der Waals surface area contributed by atoms with Crippen molar-refractivity contribution >= 4 is 0 Å². The predicted octanol–water partition coefficient (Wildman–Crippen LogP) is 2.29. The van der Waals surface area contributed by atoms with Gasteiger partial charge in [-0.05, 0) is 31.5 Å². The van der Waals surface area contributed by atoms with E-state index in [2.05, 4.69) is 24.1 Å². The maximum Gasteiger partial charge on any atom is 0.194 e. The van der Waals surface area contributed by atoms with Gasteiger partial charge in [0.05, 0.1) is 0 Å². The van der Waals surface area contributed by atoms with E-state index >= 15 is 0 Å². The molecule has 5 heteroatoms. The van der Waals surface area contributed by atoms with Crippen molar-refractivity contribution in [2.24, 2.45) is 0 Å². The van der Waals surface area contributed by atoms with Gasteiger partial charge in [-0.1, -0.05) is 0 Å². The van der Waals surface area contributed by atoms with Crippen LogP contribution in [-0.2, 0) is 6.54 Å². The number of piperazine rings is 1. The van der Waals surface area contributed by atoms with Gasteiger partial charge in [0.1, 0.15) is 0 Å². The molecule has 1 fully saturated rings. The molecule has 0 aromatic heterocycles. The molecule has 2 nitrogen and oxygen atoms in total. The Hall–Kier alpha value is -1.07. The maximum absolute atomic E-state index is 13.1. The highest BCUT2D eigenvalue weighted by Crippen LogP contribution is 2.17. The van der Waals surface area contributed by atoms with Crippen LogP contribution in [0.2, 0.25) is 0 Å². The number of nitrogens with zero attached hydrogens (tertiary/aromatic N) is 1. The van der Waals surface area contributed by atoms with Crippen molar-refractivity contribution in [1.29, 1.82) is 0 Å². The summed E-state index contributed by atoms with van der Waals surface area (Å²) in [5.41, 5.74) is 0.444. The third-order valence-corrected chi connectivity index (χ3v) is 3.10. The lowest BCUT2D eigenvalue weighted by molar-refractivity contribution is 0.148. The van der Waals surface area contributed by atoms with Gasteiger partial charge >= 0.3 is 0 Å². The lowest BCUT2D eigenvalue weighted by atomic mass is 10.0. The Labute approximate surface area is 105 Å². The lowest BCUT2D eigenvalue weighted by Crippen LogP contribution is -2.56. The number of hydrogen-bond donors (Lipinski definition) is 1. The summed E-state index contributed by atoms with van der Waals surface area (Å²) < 4.78 is 39.0. The Balaban J connectivity index is 2.10. The average Bonchev–Trinajstić information content (AvgIpc) is 2.24. The summed E-state index contributed by atoms with van der Waals surface area (Å²) in [4.78, 5) is 2.10. The molecule has 1 saturated heterocycles. The third-order valence-electron chi connectivity index (χ3n) is 3.10. The fraction of sp³-hybridized carbons (Fsp3) is 0.538. The van der Waals surface area contributed by atoms with Gasteiger partial charge in [0, 0.05) is 31.7 Å². The van der Waals surface area contributed by atoms with E-state index in [-0.39, 0.29) is 5.54 Å². The van der Waals surface area contributed by atoms with E-state index in [1.165, 1.54) is 0 Å². The summed E-state index contributed by atoms with van der Waals surface area (Å²) in [5, 5.41) is 3.36. The molecule has 1 aromatic carbocycles. The zero-order chi connectivity index (χ0) is 13.3. The molecule has 0 unspecified atom stereocenters. The summed E-state index contributed by atoms with van der Waals surface area (Å²) in [6.45, 7) is 7.01. The van der Waals surface area contributed by atoms with Gasteiger partial charge in [-0.25, -0.2) is 13.2 Å². The number of benzene rings is 1. The first-order chi connectivity index (χ1) is 8.37. The molecule has 0 amide bonds. The lowest BCUT2D eigenvalue weighted by Gasteiger charge is -2.39. The zero-order valence-electron chi connectivity index (χ0n) is 10.6. The SMILES string of the molecule is CC1(C)CN(Cc2cc(F)c(F)c(F)c2)CCN1. The van der Waals surface area contributed by atoms with Gasteiger partial charge in [0.25, 0.3) is 0 Å². The molecule has 18 heavy (non-hydrogen) atoms. The first kappa shape index (κ1) is 13.4. The van der Waals surface area contributed by atoms with E-state index in [0.717, 1.165) is 31.8 Å². The van der Waals surface area contributed by atoms with Crippen LogP contribution in [0, 0.1) is 17.5 Å². The molecule has 0 radical (unpaired) electrons. The molecule has 1 aliphatic rings. The van der Waals surface area contributed by atoms with E-state index < -0.39 is 17.5 Å². The van der Waals surface area contributed by atoms with Gasteiger partial charge in [0.2, 0.25) is 0 Å². The fourth-order valence-electron chi connectivity index (χ4n) is 2.34. The summed E-state index contributed by atoms with van der Waals surface area (Å²) in [5.74, 6) is -3.65. The minimum atomic E-state index is -1.40. The first-order valence-electron chi connectivity index (χ1n) is 5.98. The second kappa shape index (κ2) is 4.90. The average molecular weight is 258 g/mol. The molecule has 1 aromatic rings. The largest absolute Gasteiger partial charge is 0.309 e. The van der Waals surface area contributed by atoms with Crippen molar-refractivity contribution in [3.05, 3.63) is 35.1 Å². The number of nitrogens with one attached hydrogen (secondary N) is 1. The monoisotopic (exact) mass is 258 g/mol. The summed E-state index contributed by atoms with van der Waals surface area (Å²) in [6, 6.07) is 2.13. The molecule has 1 N–H and O–H groups in total. The van der Waals surface area contributed by atoms with Crippen LogP contribution in [0.15, 0.2) is 12.1 Å². The molecule has 0 atom stereocenters. The predicted molar refractivity (Wildman–Crippen MR) is 63.7 cm³/mol. The maximum atomic E-state index is 13.1. The molecule has 0 bridgehead atoms. The van der Waals surface area contributed by atoms with Crippen molar-refractivity contribution in [2.75, 3.05) is 19.6 Å². The minimum Gasteiger partial charge on any atom is -0.309 e. The topological polar surface area (TPSA) is 15.3 Å². The normalized spacial score (nSPS) is 20.1. The molecule has 2 rings (SSSR count). The van der Waals surface area contributed by atoms with Crippen molar-refractivity contribution in [3.63, 3.8) is 0 Å². The van der Waals surface area contributed by atoms with Gasteiger partial charge in [0.15, 0.2) is 17.5 Å². The molecule has 100 valence electrons. The summed E-state index contributed by atoms with van der Waals surface area (Å²) >= 11 is 0.